The predicted octanol–water partition coefficient (Wildman–Crippen LogP) is 11.4. The first kappa shape index (κ1) is 27.2. The average Bonchev–Trinajstić information content (AvgIpc) is 3.50. The Bertz CT molecular complexity index is 2500. The van der Waals surface area contributed by atoms with E-state index in [1.165, 1.54) is 77.1 Å². The van der Waals surface area contributed by atoms with Crippen molar-refractivity contribution < 1.29 is 0 Å². The number of fused-ring (bicyclic) bond motifs is 5. The van der Waals surface area contributed by atoms with E-state index in [0.29, 0.717) is 0 Å². The Labute approximate surface area is 274 Å². The number of rotatable bonds is 5. The zero-order valence-corrected chi connectivity index (χ0v) is 25.9. The van der Waals surface area contributed by atoms with Gasteiger partial charge in [-0.2, -0.15) is 0 Å². The van der Waals surface area contributed by atoms with E-state index in [2.05, 4.69) is 180 Å². The molecule has 2 heterocycles. The molecule has 222 valence electrons. The molecule has 0 spiro atoms. The topological polar surface area (TPSA) is 17.0 Å². The van der Waals surface area contributed by atoms with Crippen molar-refractivity contribution in [3.63, 3.8) is 0 Å². The molecule has 1 N–H and O–H groups in total. The minimum Gasteiger partial charge on any atom is -0.387 e. The average molecular weight is 601 g/mol. The summed E-state index contributed by atoms with van der Waals surface area (Å²) in [6.07, 6.45) is 6.42. The van der Waals surface area contributed by atoms with E-state index < -0.39 is 0 Å². The van der Waals surface area contributed by atoms with E-state index in [1.54, 1.807) is 0 Å². The number of nitrogens with zero attached hydrogens (tertiary/aromatic N) is 1. The lowest BCUT2D eigenvalue weighted by molar-refractivity contribution is 0.976. The number of hydrogen-bond donors (Lipinski definition) is 1. The van der Waals surface area contributed by atoms with E-state index in [4.69, 9.17) is 0 Å². The normalized spacial score (nSPS) is 12.8. The largest absolute Gasteiger partial charge is 0.387 e. The summed E-state index contributed by atoms with van der Waals surface area (Å²) in [5, 5.41) is 8.26. The zero-order chi connectivity index (χ0) is 31.2. The van der Waals surface area contributed by atoms with E-state index in [9.17, 15) is 0 Å². The van der Waals surface area contributed by atoms with Crippen molar-refractivity contribution in [3.8, 4) is 39.1 Å². The van der Waals surface area contributed by atoms with Crippen LogP contribution in [0, 0.1) is 0 Å². The van der Waals surface area contributed by atoms with E-state index in [0.717, 1.165) is 12.2 Å². The third kappa shape index (κ3) is 4.83. The van der Waals surface area contributed by atoms with Crippen molar-refractivity contribution in [3.05, 3.63) is 182 Å². The van der Waals surface area contributed by atoms with E-state index >= 15 is 0 Å². The van der Waals surface area contributed by atoms with Crippen molar-refractivity contribution in [2.24, 2.45) is 0 Å². The number of benzene rings is 7. The Kier molecular flexibility index (Phi) is 6.57. The number of aromatic nitrogens is 1. The Balaban J connectivity index is 1.22. The number of dihydropyridines is 1. The molecule has 47 heavy (non-hydrogen) atoms. The standard InChI is InChI=1S/C45H32N2/c1-3-9-31(10-4-1)33-11-7-13-35(27-33)37-17-20-41-39(29-37)19-22-43-42-21-18-38(30-44(42)47(45(41)43)40-15-5-2-6-16-40)36-14-8-12-34(28-36)32-23-25-46-26-24-32/h1-25,27-30,46H,26H2. The molecule has 2 nitrogen and oxygen atoms in total. The predicted molar refractivity (Wildman–Crippen MR) is 200 cm³/mol. The van der Waals surface area contributed by atoms with Gasteiger partial charge in [-0.25, -0.2) is 0 Å². The molecular weight excluding hydrogens is 569 g/mol. The molecular formula is C45H32N2. The van der Waals surface area contributed by atoms with Gasteiger partial charge in [-0.05, 0) is 98.6 Å². The fraction of sp³-hybridized carbons (Fsp3) is 0.0222. The first-order chi connectivity index (χ1) is 23.3. The molecule has 1 aliphatic heterocycles. The fourth-order valence-electron chi connectivity index (χ4n) is 7.10. The van der Waals surface area contributed by atoms with Gasteiger partial charge in [0, 0.05) is 28.4 Å². The second kappa shape index (κ2) is 11.3. The third-order valence-electron chi connectivity index (χ3n) is 9.41. The van der Waals surface area contributed by atoms with Crippen LogP contribution in [0.5, 0.6) is 0 Å². The molecule has 0 saturated carbocycles. The summed E-state index contributed by atoms with van der Waals surface area (Å²) in [4.78, 5) is 0. The number of para-hydroxylation sites is 1. The van der Waals surface area contributed by atoms with Gasteiger partial charge in [-0.3, -0.25) is 0 Å². The van der Waals surface area contributed by atoms with Gasteiger partial charge in [-0.15, -0.1) is 0 Å². The van der Waals surface area contributed by atoms with Gasteiger partial charge in [0.2, 0.25) is 0 Å². The third-order valence-corrected chi connectivity index (χ3v) is 9.41. The molecule has 8 aromatic rings. The van der Waals surface area contributed by atoms with Crippen LogP contribution in [0.25, 0.3) is 77.2 Å². The molecule has 0 fully saturated rings. The maximum absolute atomic E-state index is 3.26. The van der Waals surface area contributed by atoms with Crippen LogP contribution in [-0.4, -0.2) is 11.1 Å². The summed E-state index contributed by atoms with van der Waals surface area (Å²) in [7, 11) is 0. The van der Waals surface area contributed by atoms with Gasteiger partial charge in [0.05, 0.1) is 11.0 Å². The first-order valence-corrected chi connectivity index (χ1v) is 16.2. The molecule has 7 aromatic carbocycles. The van der Waals surface area contributed by atoms with Crippen LogP contribution in [0.1, 0.15) is 5.56 Å². The summed E-state index contributed by atoms with van der Waals surface area (Å²) in [6, 6.07) is 57.6. The second-order valence-electron chi connectivity index (χ2n) is 12.2. The molecule has 9 rings (SSSR count). The Morgan fingerprint density at radius 1 is 0.447 bits per heavy atom. The van der Waals surface area contributed by atoms with Crippen LogP contribution in [-0.2, 0) is 0 Å². The van der Waals surface area contributed by atoms with Crippen LogP contribution in [0.3, 0.4) is 0 Å². The van der Waals surface area contributed by atoms with Gasteiger partial charge in [0.15, 0.2) is 0 Å². The molecule has 0 unspecified atom stereocenters. The minimum atomic E-state index is 0.856. The molecule has 1 aliphatic rings. The van der Waals surface area contributed by atoms with Crippen molar-refractivity contribution in [1.29, 1.82) is 0 Å². The van der Waals surface area contributed by atoms with Crippen LogP contribution in [0.4, 0.5) is 0 Å². The Morgan fingerprint density at radius 3 is 1.79 bits per heavy atom. The molecule has 0 atom stereocenters. The van der Waals surface area contributed by atoms with E-state index in [-0.39, 0.29) is 0 Å². The summed E-state index contributed by atoms with van der Waals surface area (Å²) in [5.41, 5.74) is 13.4. The van der Waals surface area contributed by atoms with Crippen LogP contribution >= 0.6 is 0 Å². The first-order valence-electron chi connectivity index (χ1n) is 16.2. The van der Waals surface area contributed by atoms with Crippen molar-refractivity contribution in [2.45, 2.75) is 0 Å². The lowest BCUT2D eigenvalue weighted by Gasteiger charge is -2.12. The van der Waals surface area contributed by atoms with Crippen LogP contribution in [0.2, 0.25) is 0 Å². The SMILES string of the molecule is C1=CC(c2cccc(-c3ccc4c5ccc6cc(-c7cccc(-c8ccccc8)c7)ccc6c5n(-c5ccccc5)c4c3)c2)=CCN1. The molecule has 0 amide bonds. The van der Waals surface area contributed by atoms with Gasteiger partial charge in [0.25, 0.3) is 0 Å². The monoisotopic (exact) mass is 600 g/mol. The number of allylic oxidation sites excluding steroid dienone is 2. The van der Waals surface area contributed by atoms with Crippen molar-refractivity contribution in [1.82, 2.24) is 9.88 Å². The highest BCUT2D eigenvalue weighted by molar-refractivity contribution is 6.19. The maximum Gasteiger partial charge on any atom is 0.0619 e. The van der Waals surface area contributed by atoms with E-state index in [1.807, 2.05) is 6.20 Å². The molecule has 0 bridgehead atoms. The highest BCUT2D eigenvalue weighted by Crippen LogP contribution is 2.40. The lowest BCUT2D eigenvalue weighted by atomic mass is 9.96. The summed E-state index contributed by atoms with van der Waals surface area (Å²) in [6.45, 7) is 0.856. The van der Waals surface area contributed by atoms with Gasteiger partial charge < -0.3 is 9.88 Å². The lowest BCUT2D eigenvalue weighted by Crippen LogP contribution is -2.08. The highest BCUT2D eigenvalue weighted by Gasteiger charge is 2.17. The molecule has 1 aromatic heterocycles. The van der Waals surface area contributed by atoms with Crippen LogP contribution in [0.15, 0.2) is 176 Å². The Hall–Kier alpha value is -6.12. The minimum absolute atomic E-state index is 0.856. The van der Waals surface area contributed by atoms with Gasteiger partial charge in [0.1, 0.15) is 0 Å². The highest BCUT2D eigenvalue weighted by atomic mass is 15.0. The summed E-state index contributed by atoms with van der Waals surface area (Å²) in [5.74, 6) is 0. The molecule has 0 radical (unpaired) electrons. The van der Waals surface area contributed by atoms with Crippen molar-refractivity contribution in [2.75, 3.05) is 6.54 Å². The molecule has 2 heteroatoms. The number of hydrogen-bond acceptors (Lipinski definition) is 1. The fourth-order valence-corrected chi connectivity index (χ4v) is 7.10. The summed E-state index contributed by atoms with van der Waals surface area (Å²) < 4.78 is 2.45. The van der Waals surface area contributed by atoms with Gasteiger partial charge >= 0.3 is 0 Å². The van der Waals surface area contributed by atoms with Gasteiger partial charge in [-0.1, -0.05) is 127 Å². The maximum atomic E-state index is 3.26. The molecule has 0 saturated heterocycles. The zero-order valence-electron chi connectivity index (χ0n) is 25.9. The van der Waals surface area contributed by atoms with Crippen molar-refractivity contribution >= 4 is 38.2 Å². The van der Waals surface area contributed by atoms with Crippen LogP contribution < -0.4 is 5.32 Å². The number of nitrogens with one attached hydrogen (secondary N) is 1. The second-order valence-corrected chi connectivity index (χ2v) is 12.2. The molecule has 0 aliphatic carbocycles. The summed E-state index contributed by atoms with van der Waals surface area (Å²) >= 11 is 0. The quantitative estimate of drug-likeness (QED) is 0.208. The Morgan fingerprint density at radius 2 is 1.04 bits per heavy atom. The smallest absolute Gasteiger partial charge is 0.0619 e.